The SMILES string of the molecule is Cc1cncc(C)c1-c1cc2c(O)c(c1)COCCCCCCOC2. The van der Waals surface area contributed by atoms with Crippen molar-refractivity contribution in [1.29, 1.82) is 0 Å². The van der Waals surface area contributed by atoms with Crippen molar-refractivity contribution in [3.8, 4) is 16.9 Å². The Kier molecular flexibility index (Phi) is 6.05. The van der Waals surface area contributed by atoms with Gasteiger partial charge in [-0.1, -0.05) is 12.8 Å². The van der Waals surface area contributed by atoms with Crippen molar-refractivity contribution in [2.45, 2.75) is 52.7 Å². The molecule has 0 spiro atoms. The lowest BCUT2D eigenvalue weighted by Crippen LogP contribution is -2.01. The van der Waals surface area contributed by atoms with Gasteiger partial charge in [-0.05, 0) is 61.1 Å². The lowest BCUT2D eigenvalue weighted by molar-refractivity contribution is 0.112. The Balaban J connectivity index is 2.01. The quantitative estimate of drug-likeness (QED) is 0.818. The number of benzene rings is 1. The van der Waals surface area contributed by atoms with Crippen LogP contribution in [0.5, 0.6) is 5.75 Å². The van der Waals surface area contributed by atoms with Crippen LogP contribution in [0.1, 0.15) is 47.9 Å². The molecule has 1 aliphatic heterocycles. The van der Waals surface area contributed by atoms with Crippen molar-refractivity contribution in [2.75, 3.05) is 13.2 Å². The third-order valence-electron chi connectivity index (χ3n) is 4.72. The second-order valence-electron chi connectivity index (χ2n) is 6.81. The van der Waals surface area contributed by atoms with E-state index in [1.54, 1.807) is 0 Å². The molecular formula is C21H27NO3. The van der Waals surface area contributed by atoms with Gasteiger partial charge in [0.25, 0.3) is 0 Å². The van der Waals surface area contributed by atoms with Crippen molar-refractivity contribution in [2.24, 2.45) is 0 Å². The molecule has 134 valence electrons. The highest BCUT2D eigenvalue weighted by Crippen LogP contribution is 2.34. The Labute approximate surface area is 149 Å². The third kappa shape index (κ3) is 4.39. The molecule has 1 aliphatic rings. The molecule has 4 nitrogen and oxygen atoms in total. The van der Waals surface area contributed by atoms with Gasteiger partial charge in [0.15, 0.2) is 0 Å². The number of pyridine rings is 1. The van der Waals surface area contributed by atoms with E-state index in [0.29, 0.717) is 19.0 Å². The standard InChI is InChI=1S/C21H27NO3/c1-15-11-22-12-16(2)20(15)17-9-18-13-24-7-5-3-4-6-8-25-14-19(10-17)21(18)23/h9-12,23H,3-8,13-14H2,1-2H3. The second kappa shape index (κ2) is 8.45. The average molecular weight is 341 g/mol. The summed E-state index contributed by atoms with van der Waals surface area (Å²) >= 11 is 0. The molecular weight excluding hydrogens is 314 g/mol. The number of ether oxygens (including phenoxy) is 2. The van der Waals surface area contributed by atoms with E-state index in [2.05, 4.69) is 18.8 Å². The summed E-state index contributed by atoms with van der Waals surface area (Å²) in [5.74, 6) is 0.298. The zero-order valence-electron chi connectivity index (χ0n) is 15.2. The molecule has 1 aromatic heterocycles. The predicted molar refractivity (Wildman–Crippen MR) is 98.6 cm³/mol. The number of hydrogen-bond acceptors (Lipinski definition) is 4. The second-order valence-corrected chi connectivity index (χ2v) is 6.81. The minimum atomic E-state index is 0.298. The van der Waals surface area contributed by atoms with E-state index in [1.165, 1.54) is 5.56 Å². The number of nitrogens with zero attached hydrogens (tertiary/aromatic N) is 1. The van der Waals surface area contributed by atoms with E-state index >= 15 is 0 Å². The molecule has 2 aromatic rings. The number of rotatable bonds is 1. The molecule has 0 aliphatic carbocycles. The third-order valence-corrected chi connectivity index (χ3v) is 4.72. The predicted octanol–water partition coefficient (Wildman–Crippen LogP) is 4.68. The van der Waals surface area contributed by atoms with E-state index in [9.17, 15) is 5.11 Å². The maximum atomic E-state index is 10.6. The molecule has 1 aromatic carbocycles. The van der Waals surface area contributed by atoms with Crippen molar-refractivity contribution >= 4 is 0 Å². The maximum absolute atomic E-state index is 10.6. The summed E-state index contributed by atoms with van der Waals surface area (Å²) in [5.41, 5.74) is 6.16. The summed E-state index contributed by atoms with van der Waals surface area (Å²) < 4.78 is 11.6. The summed E-state index contributed by atoms with van der Waals surface area (Å²) in [6.07, 6.45) is 8.18. The first-order valence-electron chi connectivity index (χ1n) is 9.08. The van der Waals surface area contributed by atoms with E-state index in [4.69, 9.17) is 9.47 Å². The summed E-state index contributed by atoms with van der Waals surface area (Å²) in [6, 6.07) is 4.07. The number of aromatic nitrogens is 1. The molecule has 0 atom stereocenters. The highest BCUT2D eigenvalue weighted by Gasteiger charge is 2.15. The van der Waals surface area contributed by atoms with E-state index < -0.39 is 0 Å². The molecule has 25 heavy (non-hydrogen) atoms. The summed E-state index contributed by atoms with van der Waals surface area (Å²) in [6.45, 7) is 6.44. The van der Waals surface area contributed by atoms with Gasteiger partial charge < -0.3 is 14.6 Å². The van der Waals surface area contributed by atoms with Crippen LogP contribution in [0.3, 0.4) is 0 Å². The van der Waals surface area contributed by atoms with Crippen molar-refractivity contribution in [3.63, 3.8) is 0 Å². The Hall–Kier alpha value is -1.91. The fourth-order valence-electron chi connectivity index (χ4n) is 3.41. The summed E-state index contributed by atoms with van der Waals surface area (Å²) in [5, 5.41) is 10.6. The molecule has 0 saturated carbocycles. The van der Waals surface area contributed by atoms with Crippen molar-refractivity contribution in [3.05, 3.63) is 46.8 Å². The van der Waals surface area contributed by atoms with E-state index in [-0.39, 0.29) is 0 Å². The first-order chi connectivity index (χ1) is 12.2. The van der Waals surface area contributed by atoms with Crippen molar-refractivity contribution < 1.29 is 14.6 Å². The first-order valence-corrected chi connectivity index (χ1v) is 9.08. The smallest absolute Gasteiger partial charge is 0.126 e. The topological polar surface area (TPSA) is 51.6 Å². The molecule has 0 saturated heterocycles. The molecule has 0 radical (unpaired) electrons. The van der Waals surface area contributed by atoms with Crippen LogP contribution in [0.15, 0.2) is 24.5 Å². The zero-order chi connectivity index (χ0) is 17.6. The molecule has 3 rings (SSSR count). The first kappa shape index (κ1) is 17.9. The van der Waals surface area contributed by atoms with Crippen LogP contribution in [0.2, 0.25) is 0 Å². The maximum Gasteiger partial charge on any atom is 0.126 e. The Bertz CT molecular complexity index is 674. The fourth-order valence-corrected chi connectivity index (χ4v) is 3.41. The minimum absolute atomic E-state index is 0.298. The Morgan fingerprint density at radius 1 is 0.840 bits per heavy atom. The van der Waals surface area contributed by atoms with Crippen LogP contribution < -0.4 is 0 Å². The molecule has 2 heterocycles. The normalized spacial score (nSPS) is 16.6. The monoisotopic (exact) mass is 341 g/mol. The number of hydrogen-bond donors (Lipinski definition) is 1. The van der Waals surface area contributed by atoms with Gasteiger partial charge in [0.1, 0.15) is 5.75 Å². The number of fused-ring (bicyclic) bond motifs is 2. The number of phenols is 1. The highest BCUT2D eigenvalue weighted by atomic mass is 16.5. The van der Waals surface area contributed by atoms with Crippen molar-refractivity contribution in [1.82, 2.24) is 4.98 Å². The average Bonchev–Trinajstić information content (AvgIpc) is 2.59. The van der Waals surface area contributed by atoms with Gasteiger partial charge in [0.05, 0.1) is 13.2 Å². The lowest BCUT2D eigenvalue weighted by atomic mass is 9.94. The Morgan fingerprint density at radius 2 is 1.36 bits per heavy atom. The van der Waals surface area contributed by atoms with Crippen LogP contribution in [-0.2, 0) is 22.7 Å². The molecule has 2 bridgehead atoms. The van der Waals surface area contributed by atoms with Gasteiger partial charge in [-0.25, -0.2) is 0 Å². The minimum Gasteiger partial charge on any atom is -0.507 e. The molecule has 0 amide bonds. The van der Waals surface area contributed by atoms with E-state index in [0.717, 1.165) is 66.7 Å². The fraction of sp³-hybridized carbons (Fsp3) is 0.476. The van der Waals surface area contributed by atoms with Gasteiger partial charge in [0, 0.05) is 36.7 Å². The number of phenolic OH excluding ortho intramolecular Hbond substituents is 1. The van der Waals surface area contributed by atoms with Gasteiger partial charge >= 0.3 is 0 Å². The highest BCUT2D eigenvalue weighted by molar-refractivity contribution is 5.72. The zero-order valence-corrected chi connectivity index (χ0v) is 15.2. The van der Waals surface area contributed by atoms with E-state index in [1.807, 2.05) is 24.5 Å². The van der Waals surface area contributed by atoms with Crippen LogP contribution in [0.4, 0.5) is 0 Å². The van der Waals surface area contributed by atoms with Gasteiger partial charge in [-0.2, -0.15) is 0 Å². The summed E-state index contributed by atoms with van der Waals surface area (Å²) in [7, 11) is 0. The van der Waals surface area contributed by atoms with Gasteiger partial charge in [0.2, 0.25) is 0 Å². The number of aryl methyl sites for hydroxylation is 2. The molecule has 4 heteroatoms. The van der Waals surface area contributed by atoms with Gasteiger partial charge in [-0.15, -0.1) is 0 Å². The largest absolute Gasteiger partial charge is 0.507 e. The van der Waals surface area contributed by atoms with Gasteiger partial charge in [-0.3, -0.25) is 4.98 Å². The van der Waals surface area contributed by atoms with Crippen LogP contribution >= 0.6 is 0 Å². The molecule has 0 fully saturated rings. The van der Waals surface area contributed by atoms with Crippen LogP contribution in [0, 0.1) is 13.8 Å². The summed E-state index contributed by atoms with van der Waals surface area (Å²) in [4.78, 5) is 4.26. The van der Waals surface area contributed by atoms with Crippen LogP contribution in [0.25, 0.3) is 11.1 Å². The Morgan fingerprint density at radius 3 is 1.88 bits per heavy atom. The van der Waals surface area contributed by atoms with Crippen LogP contribution in [-0.4, -0.2) is 23.3 Å². The molecule has 1 N–H and O–H groups in total. The molecule has 0 unspecified atom stereocenters. The number of aromatic hydroxyl groups is 1. The lowest BCUT2D eigenvalue weighted by Gasteiger charge is -2.16.